The van der Waals surface area contributed by atoms with Crippen LogP contribution in [-0.2, 0) is 20.9 Å². The van der Waals surface area contributed by atoms with Crippen molar-refractivity contribution >= 4 is 46.8 Å². The van der Waals surface area contributed by atoms with E-state index >= 15 is 0 Å². The number of anilines is 1. The quantitative estimate of drug-likeness (QED) is 0.282. The number of nitrogens with zero attached hydrogens (tertiary/aromatic N) is 3. The van der Waals surface area contributed by atoms with Crippen molar-refractivity contribution in [2.24, 2.45) is 0 Å². The maximum atomic E-state index is 13.4. The molecule has 8 nitrogen and oxygen atoms in total. The Morgan fingerprint density at radius 2 is 1.63 bits per heavy atom. The summed E-state index contributed by atoms with van der Waals surface area (Å²) in [5.74, 6) is -1.40. The van der Waals surface area contributed by atoms with Gasteiger partial charge in [0.2, 0.25) is 0 Å². The van der Waals surface area contributed by atoms with Gasteiger partial charge in [0.15, 0.2) is 5.16 Å². The highest BCUT2D eigenvalue weighted by Gasteiger charge is 2.39. The number of carbonyl (C=O) groups is 3. The number of aryl methyl sites for hydroxylation is 2. The molecule has 0 saturated carbocycles. The number of rotatable bonds is 7. The monoisotopic (exact) mass is 508 g/mol. The second-order valence-electron chi connectivity index (χ2n) is 7.76. The summed E-state index contributed by atoms with van der Waals surface area (Å²) in [5.41, 5.74) is 3.27. The molecule has 2 amide bonds. The van der Waals surface area contributed by atoms with Crippen molar-refractivity contribution < 1.29 is 19.1 Å². The van der Waals surface area contributed by atoms with Crippen molar-refractivity contribution in [1.82, 2.24) is 14.9 Å². The fourth-order valence-corrected chi connectivity index (χ4v) is 4.58. The van der Waals surface area contributed by atoms with Crippen molar-refractivity contribution in [1.29, 1.82) is 0 Å². The number of hydrogen-bond acceptors (Lipinski definition) is 8. The number of aromatic nitrogens is 2. The molecular formula is C25H21ClN4O4S. The molecule has 178 valence electrons. The zero-order valence-electron chi connectivity index (χ0n) is 19.2. The van der Waals surface area contributed by atoms with Gasteiger partial charge in [-0.15, -0.1) is 0 Å². The molecule has 1 N–H and O–H groups in total. The average molecular weight is 509 g/mol. The summed E-state index contributed by atoms with van der Waals surface area (Å²) >= 11 is 7.00. The number of amides is 2. The van der Waals surface area contributed by atoms with Crippen molar-refractivity contribution in [2.45, 2.75) is 25.5 Å². The predicted octanol–water partition coefficient (Wildman–Crippen LogP) is 4.52. The van der Waals surface area contributed by atoms with Gasteiger partial charge in [0.1, 0.15) is 10.6 Å². The molecule has 3 aromatic rings. The summed E-state index contributed by atoms with van der Waals surface area (Å²) in [6.07, 6.45) is 0. The first-order valence-electron chi connectivity index (χ1n) is 10.6. The molecular weight excluding hydrogens is 488 g/mol. The van der Waals surface area contributed by atoms with E-state index in [2.05, 4.69) is 15.3 Å². The van der Waals surface area contributed by atoms with Crippen LogP contribution in [0.5, 0.6) is 0 Å². The number of benzene rings is 2. The van der Waals surface area contributed by atoms with E-state index < -0.39 is 17.8 Å². The summed E-state index contributed by atoms with van der Waals surface area (Å²) in [4.78, 5) is 48.6. The molecule has 0 unspecified atom stereocenters. The molecule has 0 saturated heterocycles. The summed E-state index contributed by atoms with van der Waals surface area (Å²) in [7, 11) is 1.30. The lowest BCUT2D eigenvalue weighted by atomic mass is 10.2. The zero-order chi connectivity index (χ0) is 25.1. The lowest BCUT2D eigenvalue weighted by molar-refractivity contribution is -0.137. The number of ether oxygens (including phenoxy) is 1. The Labute approximate surface area is 211 Å². The fraction of sp³-hybridized carbons (Fsp3) is 0.160. The number of imide groups is 1. The minimum atomic E-state index is -0.478. The third-order valence-corrected chi connectivity index (χ3v) is 6.31. The first kappa shape index (κ1) is 24.4. The van der Waals surface area contributed by atoms with E-state index in [0.717, 1.165) is 28.7 Å². The molecule has 35 heavy (non-hydrogen) atoms. The lowest BCUT2D eigenvalue weighted by Gasteiger charge is -2.15. The summed E-state index contributed by atoms with van der Waals surface area (Å²) in [6, 6.07) is 15.2. The Hall–Kier alpha value is -3.69. The van der Waals surface area contributed by atoms with Crippen LogP contribution in [0.25, 0.3) is 0 Å². The minimum Gasteiger partial charge on any atom is -0.465 e. The standard InChI is InChI=1S/C25H21ClN4O4S/c1-14-12-15(2)28-25(27-14)35-21-20(29-19-10-6-17(7-11-19)24(33)34-3)22(31)30(23(21)32)13-16-4-8-18(26)9-5-16/h4-12,29H,13H2,1-3H3. The van der Waals surface area contributed by atoms with Crippen LogP contribution in [0, 0.1) is 13.8 Å². The van der Waals surface area contributed by atoms with Crippen LogP contribution in [0.4, 0.5) is 5.69 Å². The number of thioether (sulfide) groups is 1. The van der Waals surface area contributed by atoms with Gasteiger partial charge >= 0.3 is 5.97 Å². The van der Waals surface area contributed by atoms with Crippen LogP contribution >= 0.6 is 23.4 Å². The predicted molar refractivity (Wildman–Crippen MR) is 133 cm³/mol. The average Bonchev–Trinajstić information content (AvgIpc) is 3.04. The normalized spacial score (nSPS) is 13.4. The SMILES string of the molecule is COC(=O)c1ccc(NC2=C(Sc3nc(C)cc(C)n3)C(=O)N(Cc3ccc(Cl)cc3)C2=O)cc1. The van der Waals surface area contributed by atoms with Gasteiger partial charge in [-0.3, -0.25) is 14.5 Å². The second kappa shape index (κ2) is 10.3. The van der Waals surface area contributed by atoms with E-state index in [-0.39, 0.29) is 17.1 Å². The Bertz CT molecular complexity index is 1320. The maximum Gasteiger partial charge on any atom is 0.337 e. The van der Waals surface area contributed by atoms with E-state index in [0.29, 0.717) is 21.4 Å². The summed E-state index contributed by atoms with van der Waals surface area (Å²) in [5, 5.41) is 3.98. The molecule has 2 heterocycles. The molecule has 10 heteroatoms. The van der Waals surface area contributed by atoms with Gasteiger partial charge in [0.05, 0.1) is 19.2 Å². The third-order valence-electron chi connectivity index (χ3n) is 5.11. The van der Waals surface area contributed by atoms with E-state index in [9.17, 15) is 14.4 Å². The van der Waals surface area contributed by atoms with E-state index in [4.69, 9.17) is 16.3 Å². The molecule has 1 aromatic heterocycles. The van der Waals surface area contributed by atoms with Crippen molar-refractivity contribution in [2.75, 3.05) is 12.4 Å². The lowest BCUT2D eigenvalue weighted by Crippen LogP contribution is -2.31. The molecule has 0 atom stereocenters. The summed E-state index contributed by atoms with van der Waals surface area (Å²) in [6.45, 7) is 3.76. The smallest absolute Gasteiger partial charge is 0.337 e. The van der Waals surface area contributed by atoms with Gasteiger partial charge in [-0.1, -0.05) is 23.7 Å². The Kier molecular flexibility index (Phi) is 7.18. The fourth-order valence-electron chi connectivity index (χ4n) is 3.46. The van der Waals surface area contributed by atoms with Crippen LogP contribution in [0.3, 0.4) is 0 Å². The number of hydrogen-bond donors (Lipinski definition) is 1. The van der Waals surface area contributed by atoms with Crippen LogP contribution < -0.4 is 5.32 Å². The van der Waals surface area contributed by atoms with Gasteiger partial charge < -0.3 is 10.1 Å². The number of carbonyl (C=O) groups excluding carboxylic acids is 3. The molecule has 2 aromatic carbocycles. The van der Waals surface area contributed by atoms with Crippen LogP contribution in [-0.4, -0.2) is 39.8 Å². The molecule has 0 bridgehead atoms. The summed E-state index contributed by atoms with van der Waals surface area (Å²) < 4.78 is 4.72. The third kappa shape index (κ3) is 5.52. The van der Waals surface area contributed by atoms with Gasteiger partial charge in [-0.25, -0.2) is 14.8 Å². The van der Waals surface area contributed by atoms with E-state index in [1.807, 2.05) is 19.9 Å². The van der Waals surface area contributed by atoms with E-state index in [1.54, 1.807) is 48.5 Å². The van der Waals surface area contributed by atoms with Gasteiger partial charge in [-0.05, 0) is 73.6 Å². The van der Waals surface area contributed by atoms with Crippen LogP contribution in [0.15, 0.2) is 70.4 Å². The first-order chi connectivity index (χ1) is 16.7. The Balaban J connectivity index is 1.67. The van der Waals surface area contributed by atoms with E-state index in [1.165, 1.54) is 12.0 Å². The maximum absolute atomic E-state index is 13.4. The largest absolute Gasteiger partial charge is 0.465 e. The highest BCUT2D eigenvalue weighted by Crippen LogP contribution is 2.35. The highest BCUT2D eigenvalue weighted by molar-refractivity contribution is 8.04. The number of methoxy groups -OCH3 is 1. The van der Waals surface area contributed by atoms with Crippen molar-refractivity contribution in [3.8, 4) is 0 Å². The molecule has 0 fully saturated rings. The first-order valence-corrected chi connectivity index (χ1v) is 11.7. The van der Waals surface area contributed by atoms with Gasteiger partial charge in [0.25, 0.3) is 11.8 Å². The molecule has 1 aliphatic rings. The number of nitrogens with one attached hydrogen (secondary N) is 1. The zero-order valence-corrected chi connectivity index (χ0v) is 20.7. The van der Waals surface area contributed by atoms with Crippen molar-refractivity contribution in [3.63, 3.8) is 0 Å². The molecule has 4 rings (SSSR count). The molecule has 1 aliphatic heterocycles. The Morgan fingerprint density at radius 1 is 1.00 bits per heavy atom. The molecule has 0 radical (unpaired) electrons. The van der Waals surface area contributed by atoms with Gasteiger partial charge in [0, 0.05) is 22.1 Å². The topological polar surface area (TPSA) is 101 Å². The van der Waals surface area contributed by atoms with Crippen LogP contribution in [0.1, 0.15) is 27.3 Å². The second-order valence-corrected chi connectivity index (χ2v) is 9.17. The van der Waals surface area contributed by atoms with Gasteiger partial charge in [-0.2, -0.15) is 0 Å². The molecule has 0 aliphatic carbocycles. The minimum absolute atomic E-state index is 0.0824. The van der Waals surface area contributed by atoms with Crippen molar-refractivity contribution in [3.05, 3.63) is 92.7 Å². The molecule has 0 spiro atoms. The Morgan fingerprint density at radius 3 is 2.23 bits per heavy atom. The highest BCUT2D eigenvalue weighted by atomic mass is 35.5. The number of esters is 1. The number of halogens is 1. The van der Waals surface area contributed by atoms with Crippen LogP contribution in [0.2, 0.25) is 5.02 Å².